The molecule has 31 heavy (non-hydrogen) atoms. The molecule has 1 aliphatic heterocycles. The van der Waals surface area contributed by atoms with Gasteiger partial charge < -0.3 is 14.4 Å². The van der Waals surface area contributed by atoms with Crippen LogP contribution in [0, 0.1) is 0 Å². The molecule has 1 heterocycles. The minimum Gasteiger partial charge on any atom is -0.491 e. The summed E-state index contributed by atoms with van der Waals surface area (Å²) < 4.78 is 13.6. The Morgan fingerprint density at radius 2 is 1.94 bits per heavy atom. The van der Waals surface area contributed by atoms with Gasteiger partial charge >= 0.3 is 5.91 Å². The lowest BCUT2D eigenvalue weighted by atomic mass is 10.2. The zero-order valence-electron chi connectivity index (χ0n) is 18.1. The molecule has 0 saturated carbocycles. The van der Waals surface area contributed by atoms with Crippen LogP contribution in [0.3, 0.4) is 0 Å². The number of allylic oxidation sites excluding steroid dienone is 1. The normalized spacial score (nSPS) is 15.5. The molecule has 0 fully saturated rings. The van der Waals surface area contributed by atoms with E-state index in [1.807, 2.05) is 78.2 Å². The first kappa shape index (κ1) is 23.8. The third kappa shape index (κ3) is 5.68. The van der Waals surface area contributed by atoms with Gasteiger partial charge in [-0.1, -0.05) is 42.1 Å². The zero-order valence-corrected chi connectivity index (χ0v) is 20.7. The Kier molecular flexibility index (Phi) is 8.54. The van der Waals surface area contributed by atoms with Crippen molar-refractivity contribution in [3.63, 3.8) is 0 Å². The number of carbonyl (C=O) groups excluding carboxylic acids is 1. The quantitative estimate of drug-likeness (QED) is 0.254. The number of thiol groups is 1. The van der Waals surface area contributed by atoms with Crippen LogP contribution in [-0.2, 0) is 16.1 Å². The van der Waals surface area contributed by atoms with Gasteiger partial charge in [0.25, 0.3) is 4.38 Å². The minimum atomic E-state index is 0.0239. The summed E-state index contributed by atoms with van der Waals surface area (Å²) >= 11 is 7.74. The first-order valence-electron chi connectivity index (χ1n) is 9.80. The smallest absolute Gasteiger partial charge is 0.429 e. The number of anilines is 1. The lowest BCUT2D eigenvalue weighted by molar-refractivity contribution is -0.453. The molecular weight excluding hydrogens is 448 g/mol. The maximum Gasteiger partial charge on any atom is 0.429 e. The number of ether oxygens (including phenoxy) is 2. The first-order chi connectivity index (χ1) is 15.0. The van der Waals surface area contributed by atoms with E-state index in [1.54, 1.807) is 18.9 Å². The van der Waals surface area contributed by atoms with Gasteiger partial charge in [0, 0.05) is 36.4 Å². The highest BCUT2D eigenvalue weighted by Gasteiger charge is 2.40. The van der Waals surface area contributed by atoms with Crippen LogP contribution in [-0.4, -0.2) is 48.5 Å². The number of methoxy groups -OCH3 is 1. The number of hydrogen-bond acceptors (Lipinski definition) is 7. The van der Waals surface area contributed by atoms with Crippen LogP contribution in [0.4, 0.5) is 5.69 Å². The summed E-state index contributed by atoms with van der Waals surface area (Å²) in [5.41, 5.74) is 2.86. The fourth-order valence-corrected chi connectivity index (χ4v) is 5.27. The van der Waals surface area contributed by atoms with Gasteiger partial charge in [-0.2, -0.15) is 0 Å². The molecule has 0 bridgehead atoms. The molecule has 0 aromatic heterocycles. The number of hydrogen-bond donors (Lipinski definition) is 1. The van der Waals surface area contributed by atoms with Crippen molar-refractivity contribution in [2.24, 2.45) is 0 Å². The average molecular weight is 476 g/mol. The highest BCUT2D eigenvalue weighted by Crippen LogP contribution is 2.37. The van der Waals surface area contributed by atoms with E-state index in [9.17, 15) is 4.79 Å². The van der Waals surface area contributed by atoms with Crippen molar-refractivity contribution in [3.8, 4) is 5.75 Å². The van der Waals surface area contributed by atoms with Crippen molar-refractivity contribution in [1.29, 1.82) is 0 Å². The Balaban J connectivity index is 1.86. The van der Waals surface area contributed by atoms with E-state index in [1.165, 1.54) is 11.8 Å². The molecule has 2 aromatic rings. The summed E-state index contributed by atoms with van der Waals surface area (Å²) in [6.45, 7) is 3.52. The molecule has 1 aliphatic rings. The summed E-state index contributed by atoms with van der Waals surface area (Å²) in [4.78, 5) is 16.8. The van der Waals surface area contributed by atoms with E-state index in [-0.39, 0.29) is 5.91 Å². The predicted octanol–water partition coefficient (Wildman–Crippen LogP) is 4.87. The van der Waals surface area contributed by atoms with Crippen molar-refractivity contribution < 1.29 is 18.8 Å². The lowest BCUT2D eigenvalue weighted by Crippen LogP contribution is -2.22. The van der Waals surface area contributed by atoms with E-state index in [2.05, 4.69) is 12.6 Å². The summed E-state index contributed by atoms with van der Waals surface area (Å²) in [6, 6.07) is 15.8. The highest BCUT2D eigenvalue weighted by atomic mass is 32.2. The molecule has 2 aromatic carbocycles. The third-order valence-corrected chi connectivity index (χ3v) is 7.67. The van der Waals surface area contributed by atoms with Gasteiger partial charge in [0.2, 0.25) is 0 Å². The largest absolute Gasteiger partial charge is 0.491 e. The van der Waals surface area contributed by atoms with Crippen LogP contribution < -0.4 is 9.64 Å². The van der Waals surface area contributed by atoms with Crippen LogP contribution in [0.25, 0.3) is 0 Å². The summed E-state index contributed by atoms with van der Waals surface area (Å²) in [6.07, 6.45) is 2.00. The molecule has 0 spiro atoms. The molecule has 0 aliphatic carbocycles. The Morgan fingerprint density at radius 1 is 1.19 bits per heavy atom. The van der Waals surface area contributed by atoms with E-state index in [4.69, 9.17) is 9.47 Å². The number of rotatable bonds is 8. The fourth-order valence-electron chi connectivity index (χ4n) is 3.11. The Hall–Kier alpha value is -1.87. The van der Waals surface area contributed by atoms with Gasteiger partial charge in [-0.05, 0) is 37.1 Å². The molecule has 0 saturated heterocycles. The van der Waals surface area contributed by atoms with Crippen molar-refractivity contribution in [3.05, 3.63) is 64.7 Å². The monoisotopic (exact) mass is 475 g/mol. The lowest BCUT2D eigenvalue weighted by Gasteiger charge is -2.23. The van der Waals surface area contributed by atoms with Crippen molar-refractivity contribution >= 4 is 52.1 Å². The second-order valence-corrected chi connectivity index (χ2v) is 9.45. The maximum atomic E-state index is 13.3. The Bertz CT molecular complexity index is 1010. The van der Waals surface area contributed by atoms with E-state index in [0.29, 0.717) is 19.8 Å². The molecule has 0 radical (unpaired) electrons. The van der Waals surface area contributed by atoms with Crippen LogP contribution in [0.1, 0.15) is 12.5 Å². The number of amides is 1. The Labute approximate surface area is 197 Å². The highest BCUT2D eigenvalue weighted by molar-refractivity contribution is 8.40. The van der Waals surface area contributed by atoms with Crippen LogP contribution >= 0.6 is 36.2 Å². The van der Waals surface area contributed by atoms with Crippen molar-refractivity contribution in [2.75, 3.05) is 38.5 Å². The molecule has 0 atom stereocenters. The Morgan fingerprint density at radius 3 is 2.61 bits per heavy atom. The zero-order chi connectivity index (χ0) is 22.4. The second kappa shape index (κ2) is 11.1. The average Bonchev–Trinajstić information content (AvgIpc) is 3.10. The van der Waals surface area contributed by atoms with Crippen LogP contribution in [0.2, 0.25) is 0 Å². The molecule has 164 valence electrons. The molecule has 1 amide bonds. The summed E-state index contributed by atoms with van der Waals surface area (Å²) in [7, 11) is 3.59. The van der Waals surface area contributed by atoms with Gasteiger partial charge in [-0.15, -0.1) is 17.2 Å². The first-order valence-corrected chi connectivity index (χ1v) is 12.3. The fraction of sp³-hybridized carbons (Fsp3) is 0.304. The van der Waals surface area contributed by atoms with E-state index < -0.39 is 0 Å². The van der Waals surface area contributed by atoms with Crippen molar-refractivity contribution in [2.45, 2.75) is 18.4 Å². The summed E-state index contributed by atoms with van der Waals surface area (Å²) in [5, 5.41) is 0. The molecule has 0 N–H and O–H groups in total. The van der Waals surface area contributed by atoms with Crippen LogP contribution in [0.5, 0.6) is 5.75 Å². The molecule has 0 unspecified atom stereocenters. The molecule has 3 rings (SSSR count). The van der Waals surface area contributed by atoms with Crippen LogP contribution in [0.15, 0.2) is 64.0 Å². The van der Waals surface area contributed by atoms with Gasteiger partial charge in [0.1, 0.15) is 12.4 Å². The molecule has 5 nitrogen and oxygen atoms in total. The second-order valence-electron chi connectivity index (χ2n) is 6.91. The van der Waals surface area contributed by atoms with E-state index >= 15 is 0 Å². The standard InChI is InChI=1S/C23H26N2O3S3/c1-16(24(2)19-14-18(10-11-20(19)29)28-13-12-27-3)21-22(26)25(23(30-4)31-21)15-17-8-6-5-7-9-17/h5-11,14H,12-13,15H2,1-4H3/p+1/b21-16+. The maximum absolute atomic E-state index is 13.3. The van der Waals surface area contributed by atoms with Gasteiger partial charge in [-0.25, -0.2) is 4.79 Å². The number of thioether (sulfide) groups is 2. The van der Waals surface area contributed by atoms with Gasteiger partial charge in [0.05, 0.1) is 12.3 Å². The molecule has 8 heteroatoms. The minimum absolute atomic E-state index is 0.0239. The predicted molar refractivity (Wildman–Crippen MR) is 134 cm³/mol. The number of carbonyl (C=O) groups is 1. The topological polar surface area (TPSA) is 41.8 Å². The SMILES string of the molecule is COCCOc1ccc(S)c(N(C)/C(C)=C2/SC(SC)=[N+](Cc3ccccc3)C2=O)c1. The third-order valence-electron chi connectivity index (χ3n) is 4.90. The van der Waals surface area contributed by atoms with Gasteiger partial charge in [0.15, 0.2) is 11.4 Å². The molecular formula is C23H27N2O3S3+. The van der Waals surface area contributed by atoms with Crippen molar-refractivity contribution in [1.82, 2.24) is 0 Å². The number of nitrogens with zero attached hydrogens (tertiary/aromatic N) is 2. The van der Waals surface area contributed by atoms with E-state index in [0.717, 1.165) is 36.9 Å². The summed E-state index contributed by atoms with van der Waals surface area (Å²) in [5.74, 6) is 0.762. The number of benzene rings is 2. The van der Waals surface area contributed by atoms with Gasteiger partial charge in [-0.3, -0.25) is 0 Å².